The molecule has 1 aliphatic heterocycles. The number of carbonyl (C=O) groups is 1. The quantitative estimate of drug-likeness (QED) is 0.875. The molecule has 0 aliphatic carbocycles. The third-order valence-corrected chi connectivity index (χ3v) is 4.37. The molecule has 0 unspecified atom stereocenters. The van der Waals surface area contributed by atoms with Crippen molar-refractivity contribution in [3.8, 4) is 0 Å². The number of piperazine rings is 1. The van der Waals surface area contributed by atoms with Crippen LogP contribution in [-0.4, -0.2) is 41.5 Å². The SMILES string of the molecule is CCc1ccc(CN2CCN[C@@H](C(=O)Nc3ccc(F)cc3)C2)nc1. The van der Waals surface area contributed by atoms with Gasteiger partial charge in [-0.25, -0.2) is 4.39 Å². The molecular weight excluding hydrogens is 319 g/mol. The molecule has 5 nitrogen and oxygen atoms in total. The molecule has 1 saturated heterocycles. The van der Waals surface area contributed by atoms with Crippen molar-refractivity contribution in [2.24, 2.45) is 0 Å². The summed E-state index contributed by atoms with van der Waals surface area (Å²) in [6.07, 6.45) is 2.89. The van der Waals surface area contributed by atoms with E-state index >= 15 is 0 Å². The van der Waals surface area contributed by atoms with E-state index in [1.54, 1.807) is 12.1 Å². The van der Waals surface area contributed by atoms with Gasteiger partial charge in [0.1, 0.15) is 5.82 Å². The van der Waals surface area contributed by atoms with E-state index in [9.17, 15) is 9.18 Å². The van der Waals surface area contributed by atoms with E-state index < -0.39 is 0 Å². The highest BCUT2D eigenvalue weighted by Gasteiger charge is 2.25. The van der Waals surface area contributed by atoms with Gasteiger partial charge in [-0.1, -0.05) is 13.0 Å². The fourth-order valence-corrected chi connectivity index (χ4v) is 2.88. The van der Waals surface area contributed by atoms with Crippen LogP contribution in [0.4, 0.5) is 10.1 Å². The molecule has 0 spiro atoms. The number of carbonyl (C=O) groups excluding carboxylic acids is 1. The molecule has 1 aromatic carbocycles. The molecule has 1 atom stereocenters. The summed E-state index contributed by atoms with van der Waals surface area (Å²) in [5.41, 5.74) is 2.83. The summed E-state index contributed by atoms with van der Waals surface area (Å²) in [6.45, 7) is 5.07. The Bertz CT molecular complexity index is 702. The lowest BCUT2D eigenvalue weighted by Gasteiger charge is -2.32. The number of amides is 1. The predicted octanol–water partition coefficient (Wildman–Crippen LogP) is 2.20. The van der Waals surface area contributed by atoms with Crippen LogP contribution in [0.15, 0.2) is 42.6 Å². The fourth-order valence-electron chi connectivity index (χ4n) is 2.88. The van der Waals surface area contributed by atoms with E-state index in [1.807, 2.05) is 6.20 Å². The van der Waals surface area contributed by atoms with Crippen molar-refractivity contribution < 1.29 is 9.18 Å². The molecule has 2 aromatic rings. The van der Waals surface area contributed by atoms with Gasteiger partial charge < -0.3 is 10.6 Å². The van der Waals surface area contributed by atoms with Gasteiger partial charge in [-0.2, -0.15) is 0 Å². The molecule has 1 fully saturated rings. The first-order valence-electron chi connectivity index (χ1n) is 8.60. The van der Waals surface area contributed by atoms with Crippen LogP contribution in [0.25, 0.3) is 0 Å². The Morgan fingerprint density at radius 3 is 2.80 bits per heavy atom. The lowest BCUT2D eigenvalue weighted by atomic mass is 10.1. The maximum atomic E-state index is 12.9. The van der Waals surface area contributed by atoms with Crippen molar-refractivity contribution in [2.75, 3.05) is 25.0 Å². The lowest BCUT2D eigenvalue weighted by molar-refractivity contribution is -0.119. The Balaban J connectivity index is 1.56. The number of aryl methyl sites for hydroxylation is 1. The number of hydrogen-bond donors (Lipinski definition) is 2. The van der Waals surface area contributed by atoms with Crippen molar-refractivity contribution in [1.29, 1.82) is 0 Å². The third kappa shape index (κ3) is 4.84. The number of halogens is 1. The van der Waals surface area contributed by atoms with Crippen LogP contribution >= 0.6 is 0 Å². The van der Waals surface area contributed by atoms with Crippen molar-refractivity contribution in [3.05, 3.63) is 59.7 Å². The summed E-state index contributed by atoms with van der Waals surface area (Å²) < 4.78 is 12.9. The maximum absolute atomic E-state index is 12.9. The van der Waals surface area contributed by atoms with Crippen LogP contribution in [0.5, 0.6) is 0 Å². The Labute approximate surface area is 147 Å². The number of benzene rings is 1. The van der Waals surface area contributed by atoms with Crippen molar-refractivity contribution in [3.63, 3.8) is 0 Å². The summed E-state index contributed by atoms with van der Waals surface area (Å²) in [5, 5.41) is 6.06. The van der Waals surface area contributed by atoms with Crippen LogP contribution < -0.4 is 10.6 Å². The van der Waals surface area contributed by atoms with E-state index in [-0.39, 0.29) is 17.8 Å². The smallest absolute Gasteiger partial charge is 0.242 e. The minimum absolute atomic E-state index is 0.106. The van der Waals surface area contributed by atoms with Crippen LogP contribution in [-0.2, 0) is 17.8 Å². The molecule has 132 valence electrons. The van der Waals surface area contributed by atoms with Crippen LogP contribution in [0.3, 0.4) is 0 Å². The molecule has 2 N–H and O–H groups in total. The number of aromatic nitrogens is 1. The van der Waals surface area contributed by atoms with Gasteiger partial charge in [-0.05, 0) is 42.3 Å². The highest BCUT2D eigenvalue weighted by molar-refractivity contribution is 5.95. The summed E-state index contributed by atoms with van der Waals surface area (Å²) in [4.78, 5) is 19.1. The van der Waals surface area contributed by atoms with E-state index in [2.05, 4.69) is 39.6 Å². The monoisotopic (exact) mass is 342 g/mol. The van der Waals surface area contributed by atoms with Crippen molar-refractivity contribution >= 4 is 11.6 Å². The van der Waals surface area contributed by atoms with Gasteiger partial charge in [0.05, 0.1) is 11.7 Å². The Kier molecular flexibility index (Phi) is 5.73. The minimum atomic E-state index is -0.318. The maximum Gasteiger partial charge on any atom is 0.242 e. The normalized spacial score (nSPS) is 18.1. The van der Waals surface area contributed by atoms with Gasteiger partial charge in [0.25, 0.3) is 0 Å². The first-order chi connectivity index (χ1) is 12.1. The molecule has 3 rings (SSSR count). The standard InChI is InChI=1S/C19H23FN4O/c1-2-14-3-6-17(22-11-14)12-24-10-9-21-18(13-24)19(25)23-16-7-4-15(20)5-8-16/h3-8,11,18,21H,2,9-10,12-13H2,1H3,(H,23,25)/t18-/m1/s1. The summed E-state index contributed by atoms with van der Waals surface area (Å²) >= 11 is 0. The zero-order chi connectivity index (χ0) is 17.6. The molecule has 25 heavy (non-hydrogen) atoms. The second kappa shape index (κ2) is 8.18. The Morgan fingerprint density at radius 1 is 1.32 bits per heavy atom. The van der Waals surface area contributed by atoms with Gasteiger partial charge in [-0.15, -0.1) is 0 Å². The van der Waals surface area contributed by atoms with E-state index in [4.69, 9.17) is 0 Å². The van der Waals surface area contributed by atoms with Crippen LogP contribution in [0, 0.1) is 5.82 Å². The Hall–Kier alpha value is -2.31. The van der Waals surface area contributed by atoms with E-state index in [1.165, 1.54) is 17.7 Å². The van der Waals surface area contributed by atoms with Crippen LogP contribution in [0.2, 0.25) is 0 Å². The van der Waals surface area contributed by atoms with Gasteiger partial charge in [0.15, 0.2) is 0 Å². The fraction of sp³-hybridized carbons (Fsp3) is 0.368. The number of anilines is 1. The molecule has 0 bridgehead atoms. The highest BCUT2D eigenvalue weighted by Crippen LogP contribution is 2.11. The number of rotatable bonds is 5. The van der Waals surface area contributed by atoms with Crippen molar-refractivity contribution in [2.45, 2.75) is 25.9 Å². The molecule has 2 heterocycles. The summed E-state index contributed by atoms with van der Waals surface area (Å²) in [7, 11) is 0. The molecule has 1 aromatic heterocycles. The predicted molar refractivity (Wildman–Crippen MR) is 95.7 cm³/mol. The van der Waals surface area contributed by atoms with Gasteiger partial charge in [0, 0.05) is 38.1 Å². The molecule has 0 saturated carbocycles. The first-order valence-corrected chi connectivity index (χ1v) is 8.60. The second-order valence-corrected chi connectivity index (χ2v) is 6.25. The molecule has 1 amide bonds. The number of nitrogens with zero attached hydrogens (tertiary/aromatic N) is 2. The van der Waals surface area contributed by atoms with E-state index in [0.29, 0.717) is 12.2 Å². The van der Waals surface area contributed by atoms with Gasteiger partial charge >= 0.3 is 0 Å². The molecule has 1 aliphatic rings. The largest absolute Gasteiger partial charge is 0.325 e. The third-order valence-electron chi connectivity index (χ3n) is 4.37. The average molecular weight is 342 g/mol. The second-order valence-electron chi connectivity index (χ2n) is 6.25. The van der Waals surface area contributed by atoms with Gasteiger partial charge in [-0.3, -0.25) is 14.7 Å². The molecule has 6 heteroatoms. The number of nitrogens with one attached hydrogen (secondary N) is 2. The van der Waals surface area contributed by atoms with Crippen molar-refractivity contribution in [1.82, 2.24) is 15.2 Å². The van der Waals surface area contributed by atoms with Gasteiger partial charge in [0.2, 0.25) is 5.91 Å². The zero-order valence-corrected chi connectivity index (χ0v) is 14.3. The molecule has 0 radical (unpaired) electrons. The summed E-state index contributed by atoms with van der Waals surface area (Å²) in [5.74, 6) is -0.424. The number of hydrogen-bond acceptors (Lipinski definition) is 4. The summed E-state index contributed by atoms with van der Waals surface area (Å²) in [6, 6.07) is 9.65. The number of pyridine rings is 1. The highest BCUT2D eigenvalue weighted by atomic mass is 19.1. The van der Waals surface area contributed by atoms with E-state index in [0.717, 1.165) is 31.7 Å². The molecular formula is C19H23FN4O. The topological polar surface area (TPSA) is 57.3 Å². The Morgan fingerprint density at radius 2 is 2.12 bits per heavy atom. The average Bonchev–Trinajstić information content (AvgIpc) is 2.64. The van der Waals surface area contributed by atoms with Crippen LogP contribution in [0.1, 0.15) is 18.2 Å². The minimum Gasteiger partial charge on any atom is -0.325 e. The first kappa shape index (κ1) is 17.5. The zero-order valence-electron chi connectivity index (χ0n) is 14.3. The lowest BCUT2D eigenvalue weighted by Crippen LogP contribution is -2.55.